The van der Waals surface area contributed by atoms with E-state index < -0.39 is 5.41 Å². The molecule has 0 spiro atoms. The Labute approximate surface area is 304 Å². The molecule has 10 rings (SSSR count). The Morgan fingerprint density at radius 2 is 0.885 bits per heavy atom. The standard InChI is InChI=1S/C51H35N/c1-4-17-36(18-5-1)37-20-16-25-41(33-37)52(50-34-38-19-10-11-26-43(38)44-27-12-13-29-46(44)50)42-31-32-49-47(35-42)45-28-14-15-30-48(45)51(49,39-21-6-2-7-22-39)40-23-8-3-9-24-40/h1-35H. The zero-order valence-corrected chi connectivity index (χ0v) is 28.7. The zero-order chi connectivity index (χ0) is 34.5. The highest BCUT2D eigenvalue weighted by Crippen LogP contribution is 2.57. The fourth-order valence-electron chi connectivity index (χ4n) is 8.68. The van der Waals surface area contributed by atoms with Gasteiger partial charge < -0.3 is 4.90 Å². The summed E-state index contributed by atoms with van der Waals surface area (Å²) in [7, 11) is 0. The lowest BCUT2D eigenvalue weighted by atomic mass is 9.68. The molecule has 0 unspecified atom stereocenters. The highest BCUT2D eigenvalue weighted by atomic mass is 15.1. The molecule has 0 saturated carbocycles. The lowest BCUT2D eigenvalue weighted by Gasteiger charge is -2.34. The number of benzene rings is 9. The number of hydrogen-bond donors (Lipinski definition) is 0. The van der Waals surface area contributed by atoms with Gasteiger partial charge in [0.15, 0.2) is 0 Å². The van der Waals surface area contributed by atoms with E-state index in [1.54, 1.807) is 0 Å². The van der Waals surface area contributed by atoms with E-state index in [9.17, 15) is 0 Å². The normalized spacial score (nSPS) is 12.8. The van der Waals surface area contributed by atoms with Crippen molar-refractivity contribution in [1.29, 1.82) is 0 Å². The fourth-order valence-corrected chi connectivity index (χ4v) is 8.68. The summed E-state index contributed by atoms with van der Waals surface area (Å²) in [6.45, 7) is 0. The summed E-state index contributed by atoms with van der Waals surface area (Å²) >= 11 is 0. The largest absolute Gasteiger partial charge is 0.310 e. The van der Waals surface area contributed by atoms with E-state index in [-0.39, 0.29) is 0 Å². The first-order chi connectivity index (χ1) is 25.8. The Bertz CT molecular complexity index is 2690. The second-order valence-electron chi connectivity index (χ2n) is 13.7. The molecule has 0 fully saturated rings. The lowest BCUT2D eigenvalue weighted by molar-refractivity contribution is 0.768. The average Bonchev–Trinajstić information content (AvgIpc) is 3.52. The molecule has 0 radical (unpaired) electrons. The van der Waals surface area contributed by atoms with Crippen molar-refractivity contribution in [3.8, 4) is 22.3 Å². The quantitative estimate of drug-likeness (QED) is 0.160. The Kier molecular flexibility index (Phi) is 7.11. The number of nitrogens with zero attached hydrogens (tertiary/aromatic N) is 1. The zero-order valence-electron chi connectivity index (χ0n) is 28.7. The summed E-state index contributed by atoms with van der Waals surface area (Å²) in [6, 6.07) is 77.8. The van der Waals surface area contributed by atoms with Crippen LogP contribution < -0.4 is 4.90 Å². The molecule has 0 heterocycles. The van der Waals surface area contributed by atoms with Gasteiger partial charge in [-0.3, -0.25) is 0 Å². The van der Waals surface area contributed by atoms with Crippen molar-refractivity contribution in [2.24, 2.45) is 0 Å². The topological polar surface area (TPSA) is 3.24 Å². The van der Waals surface area contributed by atoms with Gasteiger partial charge in [-0.1, -0.05) is 182 Å². The van der Waals surface area contributed by atoms with E-state index in [4.69, 9.17) is 0 Å². The van der Waals surface area contributed by atoms with E-state index in [1.807, 2.05) is 0 Å². The predicted octanol–water partition coefficient (Wildman–Crippen LogP) is 13.5. The predicted molar refractivity (Wildman–Crippen MR) is 219 cm³/mol. The second-order valence-corrected chi connectivity index (χ2v) is 13.7. The summed E-state index contributed by atoms with van der Waals surface area (Å²) < 4.78 is 0. The van der Waals surface area contributed by atoms with E-state index in [0.717, 1.165) is 17.1 Å². The molecular formula is C51H35N. The van der Waals surface area contributed by atoms with Gasteiger partial charge in [-0.05, 0) is 91.0 Å². The Hall–Kier alpha value is -6.70. The Morgan fingerprint density at radius 1 is 0.327 bits per heavy atom. The Morgan fingerprint density at radius 3 is 1.63 bits per heavy atom. The molecule has 0 saturated heterocycles. The second kappa shape index (κ2) is 12.3. The summed E-state index contributed by atoms with van der Waals surface area (Å²) in [5.74, 6) is 0. The van der Waals surface area contributed by atoms with Crippen molar-refractivity contribution in [3.63, 3.8) is 0 Å². The van der Waals surface area contributed by atoms with Crippen molar-refractivity contribution < 1.29 is 0 Å². The minimum Gasteiger partial charge on any atom is -0.310 e. The molecule has 1 aliphatic carbocycles. The van der Waals surface area contributed by atoms with E-state index >= 15 is 0 Å². The third kappa shape index (κ3) is 4.63. The van der Waals surface area contributed by atoms with Gasteiger partial charge in [0.05, 0.1) is 11.1 Å². The van der Waals surface area contributed by atoms with Gasteiger partial charge in [0.2, 0.25) is 0 Å². The van der Waals surface area contributed by atoms with Gasteiger partial charge in [-0.15, -0.1) is 0 Å². The molecule has 0 aliphatic heterocycles. The summed E-state index contributed by atoms with van der Waals surface area (Å²) in [5, 5.41) is 4.95. The first-order valence-corrected chi connectivity index (χ1v) is 18.0. The van der Waals surface area contributed by atoms with Crippen molar-refractivity contribution >= 4 is 38.6 Å². The maximum Gasteiger partial charge on any atom is 0.0713 e. The molecule has 0 bridgehead atoms. The van der Waals surface area contributed by atoms with E-state index in [1.165, 1.54) is 66.1 Å². The summed E-state index contributed by atoms with van der Waals surface area (Å²) in [6.07, 6.45) is 0. The van der Waals surface area contributed by atoms with E-state index in [0.29, 0.717) is 0 Å². The molecule has 1 aliphatic rings. The van der Waals surface area contributed by atoms with Crippen LogP contribution in [0.1, 0.15) is 22.3 Å². The number of anilines is 3. The van der Waals surface area contributed by atoms with Crippen LogP contribution in [0.3, 0.4) is 0 Å². The third-order valence-corrected chi connectivity index (χ3v) is 10.9. The van der Waals surface area contributed by atoms with Crippen molar-refractivity contribution in [2.45, 2.75) is 5.41 Å². The van der Waals surface area contributed by atoms with Gasteiger partial charge in [0, 0.05) is 16.8 Å². The first kappa shape index (κ1) is 30.2. The maximum absolute atomic E-state index is 2.47. The van der Waals surface area contributed by atoms with Crippen LogP contribution in [0.15, 0.2) is 212 Å². The van der Waals surface area contributed by atoms with E-state index in [2.05, 4.69) is 217 Å². The molecule has 0 N–H and O–H groups in total. The SMILES string of the molecule is c1ccc(-c2cccc(N(c3ccc4c(c3)-c3ccccc3C4(c3ccccc3)c3ccccc3)c3cc4ccccc4c4ccccc34)c2)cc1. The first-order valence-electron chi connectivity index (χ1n) is 18.0. The highest BCUT2D eigenvalue weighted by Gasteiger charge is 2.46. The van der Waals surface area contributed by atoms with Crippen LogP contribution in [-0.4, -0.2) is 0 Å². The highest BCUT2D eigenvalue weighted by molar-refractivity contribution is 6.14. The number of rotatable bonds is 6. The number of hydrogen-bond acceptors (Lipinski definition) is 1. The molecule has 1 heteroatoms. The molecule has 0 atom stereocenters. The van der Waals surface area contributed by atoms with Crippen LogP contribution in [0.5, 0.6) is 0 Å². The van der Waals surface area contributed by atoms with Crippen LogP contribution in [0.2, 0.25) is 0 Å². The minimum atomic E-state index is -0.444. The van der Waals surface area contributed by atoms with Crippen LogP contribution in [0, 0.1) is 0 Å². The van der Waals surface area contributed by atoms with Gasteiger partial charge in [0.1, 0.15) is 0 Å². The van der Waals surface area contributed by atoms with Gasteiger partial charge in [-0.2, -0.15) is 0 Å². The molecule has 1 nitrogen and oxygen atoms in total. The molecular weight excluding hydrogens is 627 g/mol. The number of fused-ring (bicyclic) bond motifs is 6. The van der Waals surface area contributed by atoms with Crippen molar-refractivity contribution in [1.82, 2.24) is 0 Å². The molecule has 0 aromatic heterocycles. The van der Waals surface area contributed by atoms with Gasteiger partial charge >= 0.3 is 0 Å². The minimum absolute atomic E-state index is 0.444. The lowest BCUT2D eigenvalue weighted by Crippen LogP contribution is -2.28. The molecule has 0 amide bonds. The van der Waals surface area contributed by atoms with Gasteiger partial charge in [-0.25, -0.2) is 0 Å². The average molecular weight is 662 g/mol. The monoisotopic (exact) mass is 661 g/mol. The van der Waals surface area contributed by atoms with Crippen LogP contribution in [0.25, 0.3) is 43.8 Å². The molecule has 9 aromatic carbocycles. The summed E-state index contributed by atoms with van der Waals surface area (Å²) in [4.78, 5) is 2.47. The van der Waals surface area contributed by atoms with Crippen LogP contribution >= 0.6 is 0 Å². The molecule has 244 valence electrons. The summed E-state index contributed by atoms with van der Waals surface area (Å²) in [5.41, 5.74) is 13.0. The Balaban J connectivity index is 1.27. The van der Waals surface area contributed by atoms with Crippen molar-refractivity contribution in [3.05, 3.63) is 235 Å². The fraction of sp³-hybridized carbons (Fsp3) is 0.0196. The third-order valence-electron chi connectivity index (χ3n) is 10.9. The molecule has 52 heavy (non-hydrogen) atoms. The maximum atomic E-state index is 2.47. The van der Waals surface area contributed by atoms with Crippen molar-refractivity contribution in [2.75, 3.05) is 4.90 Å². The van der Waals surface area contributed by atoms with Crippen LogP contribution in [0.4, 0.5) is 17.1 Å². The molecule has 9 aromatic rings. The van der Waals surface area contributed by atoms with Crippen LogP contribution in [-0.2, 0) is 5.41 Å². The van der Waals surface area contributed by atoms with Gasteiger partial charge in [0.25, 0.3) is 0 Å². The smallest absolute Gasteiger partial charge is 0.0713 e.